The van der Waals surface area contributed by atoms with E-state index in [0.29, 0.717) is 24.1 Å². The van der Waals surface area contributed by atoms with Gasteiger partial charge in [0.25, 0.3) is 0 Å². The molecule has 1 unspecified atom stereocenters. The summed E-state index contributed by atoms with van der Waals surface area (Å²) in [5.41, 5.74) is 0.434. The molecule has 21 heavy (non-hydrogen) atoms. The molecule has 1 aromatic carbocycles. The zero-order chi connectivity index (χ0) is 15.3. The lowest BCUT2D eigenvalue weighted by Gasteiger charge is -2.36. The van der Waals surface area contributed by atoms with Crippen LogP contribution in [0.25, 0.3) is 0 Å². The maximum Gasteiger partial charge on any atom is 0.240 e. The second-order valence-corrected chi connectivity index (χ2v) is 7.63. The highest BCUT2D eigenvalue weighted by atomic mass is 32.2. The third kappa shape index (κ3) is 2.56. The van der Waals surface area contributed by atoms with Gasteiger partial charge in [-0.3, -0.25) is 4.79 Å². The number of benzene rings is 1. The molecule has 1 aliphatic carbocycles. The van der Waals surface area contributed by atoms with Crippen molar-refractivity contribution >= 4 is 21.6 Å². The van der Waals surface area contributed by atoms with Crippen molar-refractivity contribution in [1.29, 1.82) is 0 Å². The van der Waals surface area contributed by atoms with Crippen LogP contribution in [0.15, 0.2) is 23.1 Å². The highest BCUT2D eigenvalue weighted by Crippen LogP contribution is 2.34. The zero-order valence-corrected chi connectivity index (χ0v) is 12.5. The first-order chi connectivity index (χ1) is 9.81. The van der Waals surface area contributed by atoms with Crippen molar-refractivity contribution in [2.75, 3.05) is 11.9 Å². The van der Waals surface area contributed by atoms with Gasteiger partial charge in [0.05, 0.1) is 16.4 Å². The van der Waals surface area contributed by atoms with Crippen LogP contribution in [-0.2, 0) is 14.8 Å². The number of aliphatic hydroxyl groups is 1. The Balaban J connectivity index is 1.82. The van der Waals surface area contributed by atoms with E-state index < -0.39 is 15.6 Å². The monoisotopic (exact) mass is 310 g/mol. The van der Waals surface area contributed by atoms with E-state index in [-0.39, 0.29) is 23.3 Å². The molecule has 6 nitrogen and oxygen atoms in total. The van der Waals surface area contributed by atoms with E-state index in [9.17, 15) is 18.3 Å². The SMILES string of the molecule is CC1C(=O)Nc2ccc(S(=O)(=O)NCC3(O)CCC3)cc21. The summed E-state index contributed by atoms with van der Waals surface area (Å²) in [7, 11) is -3.68. The molecule has 1 saturated carbocycles. The van der Waals surface area contributed by atoms with Crippen LogP contribution in [0, 0.1) is 0 Å². The van der Waals surface area contributed by atoms with Crippen molar-refractivity contribution in [3.05, 3.63) is 23.8 Å². The van der Waals surface area contributed by atoms with Crippen molar-refractivity contribution in [3.63, 3.8) is 0 Å². The molecule has 1 fully saturated rings. The molecule has 1 amide bonds. The second kappa shape index (κ2) is 4.79. The Bertz CT molecular complexity index is 695. The predicted molar refractivity (Wildman–Crippen MR) is 77.5 cm³/mol. The third-order valence-corrected chi connectivity index (χ3v) is 5.73. The third-order valence-electron chi connectivity index (χ3n) is 4.33. The van der Waals surface area contributed by atoms with E-state index in [1.165, 1.54) is 12.1 Å². The normalized spacial score (nSPS) is 23.3. The lowest BCUT2D eigenvalue weighted by Crippen LogP contribution is -2.47. The Hall–Kier alpha value is -1.44. The fourth-order valence-electron chi connectivity index (χ4n) is 2.64. The van der Waals surface area contributed by atoms with Gasteiger partial charge in [0.1, 0.15) is 0 Å². The summed E-state index contributed by atoms with van der Waals surface area (Å²) in [6.07, 6.45) is 2.16. The molecule has 114 valence electrons. The maximum atomic E-state index is 12.3. The average Bonchev–Trinajstić information content (AvgIpc) is 2.69. The molecular formula is C14H18N2O4S. The number of anilines is 1. The topological polar surface area (TPSA) is 95.5 Å². The van der Waals surface area contributed by atoms with Crippen LogP contribution >= 0.6 is 0 Å². The summed E-state index contributed by atoms with van der Waals surface area (Å²) < 4.78 is 27.0. The van der Waals surface area contributed by atoms with E-state index in [1.54, 1.807) is 13.0 Å². The lowest BCUT2D eigenvalue weighted by atomic mass is 9.81. The van der Waals surface area contributed by atoms with Gasteiger partial charge in [-0.2, -0.15) is 0 Å². The summed E-state index contributed by atoms with van der Waals surface area (Å²) in [6, 6.07) is 4.58. The first kappa shape index (κ1) is 14.5. The summed E-state index contributed by atoms with van der Waals surface area (Å²) in [6.45, 7) is 1.77. The van der Waals surface area contributed by atoms with Gasteiger partial charge in [-0.1, -0.05) is 0 Å². The quantitative estimate of drug-likeness (QED) is 0.771. The van der Waals surface area contributed by atoms with Gasteiger partial charge in [-0.15, -0.1) is 0 Å². The minimum atomic E-state index is -3.68. The van der Waals surface area contributed by atoms with E-state index in [4.69, 9.17) is 0 Å². The Morgan fingerprint density at radius 1 is 1.43 bits per heavy atom. The van der Waals surface area contributed by atoms with Crippen molar-refractivity contribution in [2.24, 2.45) is 0 Å². The van der Waals surface area contributed by atoms with E-state index in [0.717, 1.165) is 6.42 Å². The molecule has 7 heteroatoms. The van der Waals surface area contributed by atoms with Gasteiger partial charge in [-0.05, 0) is 49.9 Å². The largest absolute Gasteiger partial charge is 0.389 e. The van der Waals surface area contributed by atoms with Crippen LogP contribution in [0.3, 0.4) is 0 Å². The minimum absolute atomic E-state index is 0.0269. The van der Waals surface area contributed by atoms with Gasteiger partial charge in [0.15, 0.2) is 0 Å². The molecule has 1 atom stereocenters. The smallest absolute Gasteiger partial charge is 0.240 e. The number of sulfonamides is 1. The van der Waals surface area contributed by atoms with E-state index in [2.05, 4.69) is 10.0 Å². The summed E-state index contributed by atoms with van der Waals surface area (Å²) in [4.78, 5) is 11.7. The Morgan fingerprint density at radius 2 is 2.14 bits per heavy atom. The number of fused-ring (bicyclic) bond motifs is 1. The number of hydrogen-bond donors (Lipinski definition) is 3. The van der Waals surface area contributed by atoms with E-state index in [1.807, 2.05) is 0 Å². The number of amides is 1. The van der Waals surface area contributed by atoms with Gasteiger partial charge >= 0.3 is 0 Å². The number of carbonyl (C=O) groups is 1. The molecule has 0 spiro atoms. The van der Waals surface area contributed by atoms with Gasteiger partial charge in [-0.25, -0.2) is 13.1 Å². The Morgan fingerprint density at radius 3 is 2.76 bits per heavy atom. The van der Waals surface area contributed by atoms with Crippen LogP contribution in [-0.4, -0.2) is 31.6 Å². The first-order valence-corrected chi connectivity index (χ1v) is 8.46. The van der Waals surface area contributed by atoms with Crippen molar-refractivity contribution < 1.29 is 18.3 Å². The van der Waals surface area contributed by atoms with E-state index >= 15 is 0 Å². The van der Waals surface area contributed by atoms with Crippen LogP contribution in [0.4, 0.5) is 5.69 Å². The fourth-order valence-corrected chi connectivity index (χ4v) is 3.79. The minimum Gasteiger partial charge on any atom is -0.389 e. The van der Waals surface area contributed by atoms with Crippen LogP contribution in [0.1, 0.15) is 37.7 Å². The van der Waals surface area contributed by atoms with Gasteiger partial charge < -0.3 is 10.4 Å². The van der Waals surface area contributed by atoms with Crippen molar-refractivity contribution in [1.82, 2.24) is 4.72 Å². The zero-order valence-electron chi connectivity index (χ0n) is 11.7. The molecule has 2 aliphatic rings. The lowest BCUT2D eigenvalue weighted by molar-refractivity contribution is -0.116. The molecular weight excluding hydrogens is 292 g/mol. The maximum absolute atomic E-state index is 12.3. The van der Waals surface area contributed by atoms with Crippen molar-refractivity contribution in [3.8, 4) is 0 Å². The predicted octanol–water partition coefficient (Wildman–Crippen LogP) is 0.935. The molecule has 0 saturated heterocycles. The van der Waals surface area contributed by atoms with Crippen LogP contribution < -0.4 is 10.0 Å². The molecule has 0 bridgehead atoms. The second-order valence-electron chi connectivity index (χ2n) is 5.86. The highest BCUT2D eigenvalue weighted by Gasteiger charge is 2.36. The highest BCUT2D eigenvalue weighted by molar-refractivity contribution is 7.89. The molecule has 1 aliphatic heterocycles. The summed E-state index contributed by atoms with van der Waals surface area (Å²) >= 11 is 0. The summed E-state index contributed by atoms with van der Waals surface area (Å²) in [5.74, 6) is -0.484. The number of carbonyl (C=O) groups excluding carboxylic acids is 1. The number of hydrogen-bond acceptors (Lipinski definition) is 4. The van der Waals surface area contributed by atoms with Crippen LogP contribution in [0.5, 0.6) is 0 Å². The molecule has 3 N–H and O–H groups in total. The average molecular weight is 310 g/mol. The molecule has 1 heterocycles. The molecule has 3 rings (SSSR count). The fraction of sp³-hybridized carbons (Fsp3) is 0.500. The molecule has 1 aromatic rings. The Labute approximate surface area is 123 Å². The standard InChI is InChI=1S/C14H18N2O4S/c1-9-11-7-10(3-4-12(11)16-13(9)17)21(19,20)15-8-14(18)5-2-6-14/h3-4,7,9,15,18H,2,5-6,8H2,1H3,(H,16,17). The van der Waals surface area contributed by atoms with Crippen molar-refractivity contribution in [2.45, 2.75) is 42.6 Å². The number of nitrogens with one attached hydrogen (secondary N) is 2. The van der Waals surface area contributed by atoms with Gasteiger partial charge in [0, 0.05) is 12.2 Å². The number of rotatable bonds is 4. The molecule has 0 aromatic heterocycles. The molecule has 0 radical (unpaired) electrons. The summed E-state index contributed by atoms with van der Waals surface area (Å²) in [5, 5.41) is 12.7. The van der Waals surface area contributed by atoms with Crippen LogP contribution in [0.2, 0.25) is 0 Å². The first-order valence-electron chi connectivity index (χ1n) is 6.98. The van der Waals surface area contributed by atoms with Gasteiger partial charge in [0.2, 0.25) is 15.9 Å². The Kier molecular flexibility index (Phi) is 3.31.